The van der Waals surface area contributed by atoms with Crippen LogP contribution in [0.15, 0.2) is 4.52 Å². The Bertz CT molecular complexity index is 377. The third kappa shape index (κ3) is 4.77. The molecule has 1 atom stereocenters. The van der Waals surface area contributed by atoms with Crippen LogP contribution >= 0.6 is 11.8 Å². The third-order valence-electron chi connectivity index (χ3n) is 3.92. The van der Waals surface area contributed by atoms with E-state index in [2.05, 4.69) is 29.3 Å². The number of nitrogens with zero attached hydrogens (tertiary/aromatic N) is 2. The van der Waals surface area contributed by atoms with E-state index in [4.69, 9.17) is 4.52 Å². The highest BCUT2D eigenvalue weighted by molar-refractivity contribution is 7.98. The molecule has 1 fully saturated rings. The molecule has 1 aromatic heterocycles. The summed E-state index contributed by atoms with van der Waals surface area (Å²) in [6.45, 7) is 5.37. The second-order valence-corrected chi connectivity index (χ2v) is 6.67. The standard InChI is InChI=1S/C15H27N3OS/c1-3-9-20-11-14-17-15(19-18-14)10-13(16-4-2)12-7-5-6-8-12/h12-13,16H,3-11H2,1-2H3. The average molecular weight is 297 g/mol. The van der Waals surface area contributed by atoms with Gasteiger partial charge in [-0.1, -0.05) is 31.8 Å². The predicted molar refractivity (Wildman–Crippen MR) is 83.9 cm³/mol. The van der Waals surface area contributed by atoms with Crippen LogP contribution in [0, 0.1) is 5.92 Å². The number of nitrogens with one attached hydrogen (secondary N) is 1. The van der Waals surface area contributed by atoms with E-state index in [1.165, 1.54) is 32.1 Å². The van der Waals surface area contributed by atoms with Crippen molar-refractivity contribution in [1.82, 2.24) is 15.5 Å². The molecule has 1 unspecified atom stereocenters. The van der Waals surface area contributed by atoms with Crippen molar-refractivity contribution in [3.05, 3.63) is 11.7 Å². The van der Waals surface area contributed by atoms with Gasteiger partial charge in [0.25, 0.3) is 0 Å². The Morgan fingerprint density at radius 2 is 2.15 bits per heavy atom. The predicted octanol–water partition coefficient (Wildman–Crippen LogP) is 3.42. The van der Waals surface area contributed by atoms with Crippen LogP contribution < -0.4 is 5.32 Å². The lowest BCUT2D eigenvalue weighted by Crippen LogP contribution is -2.37. The highest BCUT2D eigenvalue weighted by Gasteiger charge is 2.26. The van der Waals surface area contributed by atoms with Crippen LogP contribution in [0.1, 0.15) is 57.7 Å². The minimum absolute atomic E-state index is 0.499. The summed E-state index contributed by atoms with van der Waals surface area (Å²) in [5.41, 5.74) is 0. The van der Waals surface area contributed by atoms with Gasteiger partial charge in [-0.15, -0.1) is 0 Å². The van der Waals surface area contributed by atoms with Crippen molar-refractivity contribution >= 4 is 11.8 Å². The van der Waals surface area contributed by atoms with Crippen LogP contribution in [-0.4, -0.2) is 28.5 Å². The summed E-state index contributed by atoms with van der Waals surface area (Å²) >= 11 is 1.87. The van der Waals surface area contributed by atoms with Crippen molar-refractivity contribution in [3.63, 3.8) is 0 Å². The van der Waals surface area contributed by atoms with Gasteiger partial charge in [0.2, 0.25) is 5.89 Å². The number of likely N-dealkylation sites (N-methyl/N-ethyl adjacent to an activating group) is 1. The first-order valence-corrected chi connectivity index (χ1v) is 9.11. The van der Waals surface area contributed by atoms with Gasteiger partial charge in [-0.3, -0.25) is 0 Å². The molecule has 0 saturated heterocycles. The van der Waals surface area contributed by atoms with Gasteiger partial charge in [-0.05, 0) is 37.5 Å². The van der Waals surface area contributed by atoms with E-state index >= 15 is 0 Å². The van der Waals surface area contributed by atoms with Crippen molar-refractivity contribution in [2.24, 2.45) is 5.92 Å². The van der Waals surface area contributed by atoms with Gasteiger partial charge in [0, 0.05) is 12.5 Å². The molecular formula is C15H27N3OS. The molecule has 0 radical (unpaired) electrons. The maximum atomic E-state index is 5.42. The highest BCUT2D eigenvalue weighted by atomic mass is 32.2. The zero-order valence-corrected chi connectivity index (χ0v) is 13.5. The largest absolute Gasteiger partial charge is 0.339 e. The number of hydrogen-bond donors (Lipinski definition) is 1. The number of rotatable bonds is 9. The number of hydrogen-bond acceptors (Lipinski definition) is 5. The Balaban J connectivity index is 1.86. The molecule has 4 nitrogen and oxygen atoms in total. The van der Waals surface area contributed by atoms with Crippen molar-refractivity contribution in [3.8, 4) is 0 Å². The minimum atomic E-state index is 0.499. The summed E-state index contributed by atoms with van der Waals surface area (Å²) in [5.74, 6) is 4.45. The van der Waals surface area contributed by atoms with E-state index in [9.17, 15) is 0 Å². The molecule has 0 aliphatic heterocycles. The van der Waals surface area contributed by atoms with Gasteiger partial charge in [-0.2, -0.15) is 16.7 Å². The van der Waals surface area contributed by atoms with Crippen LogP contribution in [0.4, 0.5) is 0 Å². The quantitative estimate of drug-likeness (QED) is 0.708. The first-order chi connectivity index (χ1) is 9.83. The second-order valence-electron chi connectivity index (χ2n) is 5.57. The number of thioether (sulfide) groups is 1. The van der Waals surface area contributed by atoms with Crippen molar-refractivity contribution in [2.45, 2.75) is 64.2 Å². The topological polar surface area (TPSA) is 51.0 Å². The Labute approximate surface area is 126 Å². The Morgan fingerprint density at radius 1 is 1.35 bits per heavy atom. The minimum Gasteiger partial charge on any atom is -0.339 e. The zero-order valence-electron chi connectivity index (χ0n) is 12.7. The van der Waals surface area contributed by atoms with Gasteiger partial charge in [0.15, 0.2) is 5.82 Å². The van der Waals surface area contributed by atoms with Gasteiger partial charge in [0.05, 0.1) is 5.75 Å². The van der Waals surface area contributed by atoms with Crippen LogP contribution in [0.5, 0.6) is 0 Å². The summed E-state index contributed by atoms with van der Waals surface area (Å²) in [5, 5.41) is 7.69. The normalized spacial score (nSPS) is 17.7. The van der Waals surface area contributed by atoms with Gasteiger partial charge in [0.1, 0.15) is 0 Å². The van der Waals surface area contributed by atoms with Crippen molar-refractivity contribution < 1.29 is 4.52 Å². The molecule has 0 bridgehead atoms. The van der Waals surface area contributed by atoms with E-state index < -0.39 is 0 Å². The molecule has 1 heterocycles. The second kappa shape index (κ2) is 8.67. The average Bonchev–Trinajstić information content (AvgIpc) is 3.10. The molecule has 1 aliphatic carbocycles. The van der Waals surface area contributed by atoms with Crippen LogP contribution in [0.2, 0.25) is 0 Å². The van der Waals surface area contributed by atoms with Crippen molar-refractivity contribution in [1.29, 1.82) is 0 Å². The fourth-order valence-electron chi connectivity index (χ4n) is 2.96. The molecule has 114 valence electrons. The third-order valence-corrected chi connectivity index (χ3v) is 5.08. The van der Waals surface area contributed by atoms with Crippen LogP contribution in [-0.2, 0) is 12.2 Å². The molecule has 2 rings (SSSR count). The molecule has 1 aliphatic rings. The molecule has 20 heavy (non-hydrogen) atoms. The summed E-state index contributed by atoms with van der Waals surface area (Å²) in [6, 6.07) is 0.499. The zero-order chi connectivity index (χ0) is 14.2. The Hall–Kier alpha value is -0.550. The SMILES string of the molecule is CCCSCc1noc(CC(NCC)C2CCCC2)n1. The van der Waals surface area contributed by atoms with E-state index in [0.717, 1.165) is 42.1 Å². The summed E-state index contributed by atoms with van der Waals surface area (Å²) in [4.78, 5) is 4.54. The van der Waals surface area contributed by atoms with Crippen LogP contribution in [0.25, 0.3) is 0 Å². The van der Waals surface area contributed by atoms with Gasteiger partial charge < -0.3 is 9.84 Å². The first-order valence-electron chi connectivity index (χ1n) is 7.96. The summed E-state index contributed by atoms with van der Waals surface area (Å²) in [6.07, 6.45) is 7.49. The first kappa shape index (κ1) is 15.8. The van der Waals surface area contributed by atoms with E-state index in [0.29, 0.717) is 6.04 Å². The van der Waals surface area contributed by atoms with Gasteiger partial charge >= 0.3 is 0 Å². The maximum Gasteiger partial charge on any atom is 0.228 e. The summed E-state index contributed by atoms with van der Waals surface area (Å²) < 4.78 is 5.42. The van der Waals surface area contributed by atoms with Crippen LogP contribution in [0.3, 0.4) is 0 Å². The maximum absolute atomic E-state index is 5.42. The summed E-state index contributed by atoms with van der Waals surface area (Å²) in [7, 11) is 0. The fraction of sp³-hybridized carbons (Fsp3) is 0.867. The number of aromatic nitrogens is 2. The van der Waals surface area contributed by atoms with Gasteiger partial charge in [-0.25, -0.2) is 0 Å². The molecule has 1 aromatic rings. The monoisotopic (exact) mass is 297 g/mol. The molecule has 0 aromatic carbocycles. The molecule has 5 heteroatoms. The molecule has 1 saturated carbocycles. The van der Waals surface area contributed by atoms with Crippen molar-refractivity contribution in [2.75, 3.05) is 12.3 Å². The molecular weight excluding hydrogens is 270 g/mol. The van der Waals surface area contributed by atoms with E-state index in [1.807, 2.05) is 11.8 Å². The van der Waals surface area contributed by atoms with E-state index in [1.54, 1.807) is 0 Å². The fourth-order valence-corrected chi connectivity index (χ4v) is 3.69. The molecule has 1 N–H and O–H groups in total. The lowest BCUT2D eigenvalue weighted by Gasteiger charge is -2.22. The Morgan fingerprint density at radius 3 is 2.85 bits per heavy atom. The molecule has 0 spiro atoms. The molecule has 0 amide bonds. The highest BCUT2D eigenvalue weighted by Crippen LogP contribution is 2.29. The lowest BCUT2D eigenvalue weighted by atomic mass is 9.95. The smallest absolute Gasteiger partial charge is 0.228 e. The lowest BCUT2D eigenvalue weighted by molar-refractivity contribution is 0.310. The Kier molecular flexibility index (Phi) is 6.87. The van der Waals surface area contributed by atoms with E-state index in [-0.39, 0.29) is 0 Å².